The third-order valence-corrected chi connectivity index (χ3v) is 8.52. The zero-order valence-electron chi connectivity index (χ0n) is 21.0. The summed E-state index contributed by atoms with van der Waals surface area (Å²) in [7, 11) is 0. The first-order valence-electron chi connectivity index (χ1n) is 12.7. The summed E-state index contributed by atoms with van der Waals surface area (Å²) in [4.78, 5) is 27.8. The maximum atomic E-state index is 14.1. The van der Waals surface area contributed by atoms with Gasteiger partial charge in [-0.15, -0.1) is 0 Å². The van der Waals surface area contributed by atoms with Crippen LogP contribution in [0.3, 0.4) is 0 Å². The van der Waals surface area contributed by atoms with E-state index in [4.69, 9.17) is 40.5 Å². The molecule has 2 fully saturated rings. The molecule has 2 aliphatic rings. The fourth-order valence-electron chi connectivity index (χ4n) is 5.57. The molecule has 0 aromatic heterocycles. The zero-order valence-corrected chi connectivity index (χ0v) is 23.3. The Morgan fingerprint density at radius 2 is 1.44 bits per heavy atom. The van der Waals surface area contributed by atoms with Crippen LogP contribution in [0.1, 0.15) is 48.0 Å². The molecular formula is C27H29Cl3F3N3O3. The molecule has 2 saturated heterocycles. The standard InChI is InChI=1S/C27H29Cl3F3N3O3/c28-19-12-18(13-20(29)14-19)26(39,27(31,32)33)25(38)36-9-5-17(6-10-36)11-16-3-7-35(8-4-16)21-1-2-22(24(34)37)23(30)15-21/h1-2,12-17,39H,3-11H2,(H2,34,37). The quantitative estimate of drug-likeness (QED) is 0.420. The number of piperidine rings is 2. The number of nitrogens with zero attached hydrogens (tertiary/aromatic N) is 2. The maximum absolute atomic E-state index is 14.1. The largest absolute Gasteiger partial charge is 0.430 e. The summed E-state index contributed by atoms with van der Waals surface area (Å²) in [5, 5.41) is 10.8. The van der Waals surface area contributed by atoms with Crippen LogP contribution < -0.4 is 10.6 Å². The van der Waals surface area contributed by atoms with E-state index in [1.54, 1.807) is 12.1 Å². The lowest BCUT2D eigenvalue weighted by Crippen LogP contribution is -2.57. The average Bonchev–Trinajstić information content (AvgIpc) is 2.87. The van der Waals surface area contributed by atoms with Gasteiger partial charge in [0.25, 0.3) is 11.5 Å². The van der Waals surface area contributed by atoms with Gasteiger partial charge in [-0.25, -0.2) is 0 Å². The molecule has 1 unspecified atom stereocenters. The molecule has 1 atom stereocenters. The number of amides is 2. The van der Waals surface area contributed by atoms with Crippen molar-refractivity contribution in [3.05, 3.63) is 62.6 Å². The van der Waals surface area contributed by atoms with Crippen LogP contribution in [0.15, 0.2) is 36.4 Å². The predicted octanol–water partition coefficient (Wildman–Crippen LogP) is 6.04. The van der Waals surface area contributed by atoms with Crippen molar-refractivity contribution in [2.24, 2.45) is 17.6 Å². The van der Waals surface area contributed by atoms with Crippen molar-refractivity contribution in [1.82, 2.24) is 4.90 Å². The maximum Gasteiger partial charge on any atom is 0.430 e. The Balaban J connectivity index is 1.33. The predicted molar refractivity (Wildman–Crippen MR) is 145 cm³/mol. The Kier molecular flexibility index (Phi) is 8.95. The van der Waals surface area contributed by atoms with Crippen molar-refractivity contribution in [3.63, 3.8) is 0 Å². The second kappa shape index (κ2) is 11.7. The minimum Gasteiger partial charge on any atom is -0.371 e. The Morgan fingerprint density at radius 3 is 1.92 bits per heavy atom. The number of primary amides is 1. The normalized spacial score (nSPS) is 19.2. The molecule has 3 N–H and O–H groups in total. The Hall–Kier alpha value is -2.20. The van der Waals surface area contributed by atoms with E-state index in [-0.39, 0.29) is 34.6 Å². The van der Waals surface area contributed by atoms with E-state index in [0.717, 1.165) is 55.1 Å². The van der Waals surface area contributed by atoms with E-state index in [2.05, 4.69) is 4.90 Å². The summed E-state index contributed by atoms with van der Waals surface area (Å²) in [6.45, 7) is 1.88. The van der Waals surface area contributed by atoms with Gasteiger partial charge >= 0.3 is 6.18 Å². The fraction of sp³-hybridized carbons (Fsp3) is 0.481. The molecule has 2 heterocycles. The van der Waals surface area contributed by atoms with Crippen molar-refractivity contribution in [2.45, 2.75) is 43.9 Å². The molecule has 39 heavy (non-hydrogen) atoms. The van der Waals surface area contributed by atoms with E-state index >= 15 is 0 Å². The van der Waals surface area contributed by atoms with Gasteiger partial charge in [0.15, 0.2) is 0 Å². The van der Waals surface area contributed by atoms with Gasteiger partial charge in [0, 0.05) is 47.5 Å². The third kappa shape index (κ3) is 6.42. The Bertz CT molecular complexity index is 1210. The number of anilines is 1. The van der Waals surface area contributed by atoms with Crippen LogP contribution in [-0.4, -0.2) is 54.2 Å². The second-order valence-electron chi connectivity index (χ2n) is 10.3. The topological polar surface area (TPSA) is 86.9 Å². The number of hydrogen-bond acceptors (Lipinski definition) is 4. The van der Waals surface area contributed by atoms with Crippen molar-refractivity contribution in [2.75, 3.05) is 31.1 Å². The van der Waals surface area contributed by atoms with Crippen LogP contribution in [0.5, 0.6) is 0 Å². The third-order valence-electron chi connectivity index (χ3n) is 7.77. The molecule has 2 amide bonds. The monoisotopic (exact) mass is 605 g/mol. The summed E-state index contributed by atoms with van der Waals surface area (Å²) < 4.78 is 42.2. The summed E-state index contributed by atoms with van der Waals surface area (Å²) in [5.41, 5.74) is 2.10. The molecular weight excluding hydrogens is 578 g/mol. The fourth-order valence-corrected chi connectivity index (χ4v) is 6.36. The van der Waals surface area contributed by atoms with Crippen molar-refractivity contribution in [3.8, 4) is 0 Å². The van der Waals surface area contributed by atoms with E-state index in [1.807, 2.05) is 6.07 Å². The molecule has 0 radical (unpaired) electrons. The highest BCUT2D eigenvalue weighted by molar-refractivity contribution is 6.35. The molecule has 2 aromatic carbocycles. The number of alkyl halides is 3. The lowest BCUT2D eigenvalue weighted by molar-refractivity contribution is -0.262. The molecule has 12 heteroatoms. The van der Waals surface area contributed by atoms with E-state index in [9.17, 15) is 27.9 Å². The van der Waals surface area contributed by atoms with Gasteiger partial charge in [-0.3, -0.25) is 9.59 Å². The molecule has 2 aromatic rings. The number of aliphatic hydroxyl groups is 1. The number of nitrogens with two attached hydrogens (primary N) is 1. The van der Waals surface area contributed by atoms with Crippen LogP contribution in [0, 0.1) is 11.8 Å². The van der Waals surface area contributed by atoms with E-state index < -0.39 is 29.2 Å². The van der Waals surface area contributed by atoms with Gasteiger partial charge in [0.05, 0.1) is 10.6 Å². The van der Waals surface area contributed by atoms with Gasteiger partial charge in [-0.05, 0) is 80.3 Å². The van der Waals surface area contributed by atoms with Crippen LogP contribution in [0.4, 0.5) is 18.9 Å². The molecule has 6 nitrogen and oxygen atoms in total. The minimum absolute atomic E-state index is 0.108. The number of carbonyl (C=O) groups is 2. The highest BCUT2D eigenvalue weighted by Gasteiger charge is 2.62. The summed E-state index contributed by atoms with van der Waals surface area (Å²) in [6, 6.07) is 8.27. The molecule has 4 rings (SSSR count). The Morgan fingerprint density at radius 1 is 0.897 bits per heavy atom. The first-order valence-corrected chi connectivity index (χ1v) is 13.8. The highest BCUT2D eigenvalue weighted by atomic mass is 35.5. The van der Waals surface area contributed by atoms with E-state index in [1.165, 1.54) is 6.07 Å². The molecule has 0 bridgehead atoms. The molecule has 0 spiro atoms. The molecule has 2 aliphatic heterocycles. The molecule has 0 saturated carbocycles. The number of hydrogen-bond donors (Lipinski definition) is 2. The van der Waals surface area contributed by atoms with Crippen LogP contribution >= 0.6 is 34.8 Å². The first-order chi connectivity index (χ1) is 18.3. The Labute approximate surface area is 239 Å². The lowest BCUT2D eigenvalue weighted by Gasteiger charge is -2.40. The number of carbonyl (C=O) groups excluding carboxylic acids is 2. The van der Waals surface area contributed by atoms with E-state index in [0.29, 0.717) is 23.8 Å². The van der Waals surface area contributed by atoms with Crippen LogP contribution in [0.25, 0.3) is 0 Å². The minimum atomic E-state index is -5.26. The summed E-state index contributed by atoms with van der Waals surface area (Å²) in [5.74, 6) is -1.26. The van der Waals surface area contributed by atoms with Crippen LogP contribution in [-0.2, 0) is 10.4 Å². The smallest absolute Gasteiger partial charge is 0.371 e. The number of likely N-dealkylation sites (tertiary alicyclic amines) is 1. The van der Waals surface area contributed by atoms with Gasteiger partial charge in [-0.1, -0.05) is 34.8 Å². The first kappa shape index (κ1) is 29.8. The van der Waals surface area contributed by atoms with Gasteiger partial charge in [0.2, 0.25) is 5.91 Å². The van der Waals surface area contributed by atoms with Crippen LogP contribution in [0.2, 0.25) is 15.1 Å². The lowest BCUT2D eigenvalue weighted by atomic mass is 9.82. The van der Waals surface area contributed by atoms with Gasteiger partial charge in [0.1, 0.15) is 0 Å². The molecule has 212 valence electrons. The summed E-state index contributed by atoms with van der Waals surface area (Å²) in [6.07, 6.45) is -1.34. The number of halogens is 6. The zero-order chi connectivity index (χ0) is 28.5. The number of benzene rings is 2. The number of rotatable bonds is 6. The van der Waals surface area contributed by atoms with Crippen molar-refractivity contribution >= 4 is 52.3 Å². The second-order valence-corrected chi connectivity index (χ2v) is 11.6. The SMILES string of the molecule is NC(=O)c1ccc(N2CCC(CC3CCN(C(=O)C(O)(c4cc(Cl)cc(Cl)c4)C(F)(F)F)CC3)CC2)cc1Cl. The highest BCUT2D eigenvalue weighted by Crippen LogP contribution is 2.43. The van der Waals surface area contributed by atoms with Crippen molar-refractivity contribution < 1.29 is 27.9 Å². The van der Waals surface area contributed by atoms with Crippen molar-refractivity contribution in [1.29, 1.82) is 0 Å². The van der Waals surface area contributed by atoms with Gasteiger partial charge < -0.3 is 20.6 Å². The van der Waals surface area contributed by atoms with Gasteiger partial charge in [-0.2, -0.15) is 13.2 Å². The average molecular weight is 607 g/mol. The molecule has 0 aliphatic carbocycles. The summed E-state index contributed by atoms with van der Waals surface area (Å²) >= 11 is 17.9.